The summed E-state index contributed by atoms with van der Waals surface area (Å²) < 4.78 is 1.51. The van der Waals surface area contributed by atoms with Crippen molar-refractivity contribution in [3.63, 3.8) is 0 Å². The molecule has 3 nitrogen and oxygen atoms in total. The van der Waals surface area contributed by atoms with Gasteiger partial charge in [0.25, 0.3) is 5.91 Å². The number of benzene rings is 2. The van der Waals surface area contributed by atoms with E-state index in [-0.39, 0.29) is 5.91 Å². The molecular formula is C18H12N2O. The molecule has 0 aliphatic carbocycles. The third-order valence-electron chi connectivity index (χ3n) is 3.29. The Bertz CT molecular complexity index is 867. The molecule has 0 saturated heterocycles. The number of para-hydroxylation sites is 1. The summed E-state index contributed by atoms with van der Waals surface area (Å²) in [5, 5.41) is 9.94. The second kappa shape index (κ2) is 5.48. The maximum atomic E-state index is 12.3. The van der Waals surface area contributed by atoms with Crippen LogP contribution in [0.25, 0.3) is 17.0 Å². The van der Waals surface area contributed by atoms with Gasteiger partial charge in [-0.3, -0.25) is 9.36 Å². The molecule has 2 aromatic carbocycles. The smallest absolute Gasteiger partial charge is 0.255 e. The van der Waals surface area contributed by atoms with Gasteiger partial charge in [0.1, 0.15) is 6.07 Å². The van der Waals surface area contributed by atoms with Gasteiger partial charge in [0.2, 0.25) is 0 Å². The van der Waals surface area contributed by atoms with Gasteiger partial charge in [0.05, 0.1) is 11.1 Å². The van der Waals surface area contributed by atoms with Gasteiger partial charge in [-0.1, -0.05) is 48.5 Å². The van der Waals surface area contributed by atoms with Crippen LogP contribution in [0.15, 0.2) is 66.9 Å². The molecule has 1 heterocycles. The maximum absolute atomic E-state index is 12.3. The van der Waals surface area contributed by atoms with Crippen molar-refractivity contribution >= 4 is 22.9 Å². The first-order valence-corrected chi connectivity index (χ1v) is 6.57. The second-order valence-corrected chi connectivity index (χ2v) is 4.62. The molecule has 0 aliphatic heterocycles. The fourth-order valence-electron chi connectivity index (χ4n) is 2.26. The second-order valence-electron chi connectivity index (χ2n) is 4.62. The van der Waals surface area contributed by atoms with Crippen molar-refractivity contribution in [3.8, 4) is 6.07 Å². The van der Waals surface area contributed by atoms with Crippen LogP contribution in [0.3, 0.4) is 0 Å². The standard InChI is InChI=1S/C18H12N2O/c19-12-15-13-20(17-9-5-4-8-16(15)17)18(21)11-10-14-6-2-1-3-7-14/h1-11,13H/b11-10+. The summed E-state index contributed by atoms with van der Waals surface area (Å²) in [6.45, 7) is 0. The highest BCUT2D eigenvalue weighted by atomic mass is 16.1. The van der Waals surface area contributed by atoms with E-state index in [0.29, 0.717) is 5.56 Å². The first-order valence-electron chi connectivity index (χ1n) is 6.57. The van der Waals surface area contributed by atoms with Crippen molar-refractivity contribution in [2.45, 2.75) is 0 Å². The Morgan fingerprint density at radius 3 is 2.52 bits per heavy atom. The molecule has 0 saturated carbocycles. The van der Waals surface area contributed by atoms with E-state index in [0.717, 1.165) is 16.5 Å². The molecule has 0 atom stereocenters. The first kappa shape index (κ1) is 12.9. The number of allylic oxidation sites excluding steroid dienone is 1. The van der Waals surface area contributed by atoms with Crippen molar-refractivity contribution < 1.29 is 4.79 Å². The van der Waals surface area contributed by atoms with Crippen molar-refractivity contribution in [1.29, 1.82) is 5.26 Å². The Kier molecular flexibility index (Phi) is 3.36. The van der Waals surface area contributed by atoms with E-state index >= 15 is 0 Å². The van der Waals surface area contributed by atoms with Gasteiger partial charge in [0.15, 0.2) is 0 Å². The first-order chi connectivity index (χ1) is 10.3. The normalized spacial score (nSPS) is 10.8. The fourth-order valence-corrected chi connectivity index (χ4v) is 2.26. The number of carbonyl (C=O) groups excluding carboxylic acids is 1. The van der Waals surface area contributed by atoms with Crippen LogP contribution in [0.5, 0.6) is 0 Å². The van der Waals surface area contributed by atoms with E-state index in [1.54, 1.807) is 12.3 Å². The van der Waals surface area contributed by atoms with E-state index < -0.39 is 0 Å². The molecule has 0 amide bonds. The molecule has 100 valence electrons. The maximum Gasteiger partial charge on any atom is 0.255 e. The lowest BCUT2D eigenvalue weighted by Crippen LogP contribution is -2.05. The number of hydrogen-bond donors (Lipinski definition) is 0. The van der Waals surface area contributed by atoms with Crippen LogP contribution in [0.1, 0.15) is 15.9 Å². The number of nitrogens with zero attached hydrogens (tertiary/aromatic N) is 2. The lowest BCUT2D eigenvalue weighted by molar-refractivity contribution is 0.0974. The number of rotatable bonds is 2. The molecule has 0 aliphatic rings. The number of carbonyl (C=O) groups is 1. The molecular weight excluding hydrogens is 260 g/mol. The molecule has 21 heavy (non-hydrogen) atoms. The van der Waals surface area contributed by atoms with Gasteiger partial charge >= 0.3 is 0 Å². The third kappa shape index (κ3) is 2.47. The largest absolute Gasteiger partial charge is 0.282 e. The monoisotopic (exact) mass is 272 g/mol. The Morgan fingerprint density at radius 2 is 1.76 bits per heavy atom. The molecule has 0 bridgehead atoms. The van der Waals surface area contributed by atoms with Gasteiger partial charge in [-0.25, -0.2) is 0 Å². The summed E-state index contributed by atoms with van der Waals surface area (Å²) in [6, 6.07) is 19.1. The van der Waals surface area contributed by atoms with Gasteiger partial charge in [-0.15, -0.1) is 0 Å². The summed E-state index contributed by atoms with van der Waals surface area (Å²) in [6.07, 6.45) is 4.87. The Hall–Kier alpha value is -3.12. The van der Waals surface area contributed by atoms with Crippen LogP contribution in [-0.4, -0.2) is 10.5 Å². The highest BCUT2D eigenvalue weighted by Crippen LogP contribution is 2.20. The average Bonchev–Trinajstić information content (AvgIpc) is 2.92. The summed E-state index contributed by atoms with van der Waals surface area (Å²) in [5.74, 6) is -0.170. The zero-order valence-corrected chi connectivity index (χ0v) is 11.2. The molecule has 1 aromatic heterocycles. The molecule has 3 aromatic rings. The summed E-state index contributed by atoms with van der Waals surface area (Å²) in [4.78, 5) is 12.3. The van der Waals surface area contributed by atoms with Crippen molar-refractivity contribution in [1.82, 2.24) is 4.57 Å². The third-order valence-corrected chi connectivity index (χ3v) is 3.29. The van der Waals surface area contributed by atoms with Crippen molar-refractivity contribution in [2.24, 2.45) is 0 Å². The molecule has 3 heteroatoms. The molecule has 0 N–H and O–H groups in total. The van der Waals surface area contributed by atoms with Gasteiger partial charge in [0, 0.05) is 17.7 Å². The number of hydrogen-bond acceptors (Lipinski definition) is 2. The Morgan fingerprint density at radius 1 is 1.05 bits per heavy atom. The average molecular weight is 272 g/mol. The SMILES string of the molecule is N#Cc1cn(C(=O)/C=C/c2ccccc2)c2ccccc12. The Labute approximate surface area is 122 Å². The van der Waals surface area contributed by atoms with Crippen LogP contribution in [-0.2, 0) is 0 Å². The molecule has 0 unspecified atom stereocenters. The number of aromatic nitrogens is 1. The quantitative estimate of drug-likeness (QED) is 0.665. The molecule has 0 radical (unpaired) electrons. The van der Waals surface area contributed by atoms with E-state index in [1.807, 2.05) is 54.6 Å². The minimum absolute atomic E-state index is 0.170. The fraction of sp³-hybridized carbons (Fsp3) is 0. The van der Waals surface area contributed by atoms with E-state index in [1.165, 1.54) is 10.6 Å². The zero-order valence-electron chi connectivity index (χ0n) is 11.2. The molecule has 0 fully saturated rings. The predicted molar refractivity (Wildman–Crippen MR) is 82.8 cm³/mol. The number of fused-ring (bicyclic) bond motifs is 1. The summed E-state index contributed by atoms with van der Waals surface area (Å²) in [5.41, 5.74) is 2.21. The topological polar surface area (TPSA) is 45.8 Å². The van der Waals surface area contributed by atoms with E-state index in [9.17, 15) is 4.79 Å². The van der Waals surface area contributed by atoms with Crippen molar-refractivity contribution in [3.05, 3.63) is 78.0 Å². The lowest BCUT2D eigenvalue weighted by atomic mass is 10.2. The van der Waals surface area contributed by atoms with Gasteiger partial charge in [-0.2, -0.15) is 5.26 Å². The van der Waals surface area contributed by atoms with Crippen LogP contribution >= 0.6 is 0 Å². The van der Waals surface area contributed by atoms with Gasteiger partial charge < -0.3 is 0 Å². The molecule has 3 rings (SSSR count). The van der Waals surface area contributed by atoms with Crippen LogP contribution < -0.4 is 0 Å². The van der Waals surface area contributed by atoms with Crippen molar-refractivity contribution in [2.75, 3.05) is 0 Å². The van der Waals surface area contributed by atoms with Crippen LogP contribution in [0.4, 0.5) is 0 Å². The molecule has 0 spiro atoms. The van der Waals surface area contributed by atoms with Gasteiger partial charge in [-0.05, 0) is 17.7 Å². The zero-order chi connectivity index (χ0) is 14.7. The minimum atomic E-state index is -0.170. The highest BCUT2D eigenvalue weighted by molar-refractivity contribution is 6.02. The number of nitriles is 1. The Balaban J connectivity index is 1.99. The summed E-state index contributed by atoms with van der Waals surface area (Å²) >= 11 is 0. The van der Waals surface area contributed by atoms with Crippen LogP contribution in [0, 0.1) is 11.3 Å². The lowest BCUT2D eigenvalue weighted by Gasteiger charge is -1.99. The summed E-state index contributed by atoms with van der Waals surface area (Å²) in [7, 11) is 0. The predicted octanol–water partition coefficient (Wildman–Crippen LogP) is 3.87. The van der Waals surface area contributed by atoms with E-state index in [2.05, 4.69) is 6.07 Å². The highest BCUT2D eigenvalue weighted by Gasteiger charge is 2.10. The van der Waals surface area contributed by atoms with Crippen LogP contribution in [0.2, 0.25) is 0 Å². The van der Waals surface area contributed by atoms with E-state index in [4.69, 9.17) is 5.26 Å². The minimum Gasteiger partial charge on any atom is -0.282 e.